The Hall–Kier alpha value is -3.06. The number of aromatic nitrogens is 3. The summed E-state index contributed by atoms with van der Waals surface area (Å²) in [6.45, 7) is 5.17. The van der Waals surface area contributed by atoms with E-state index >= 15 is 0 Å². The minimum atomic E-state index is -0.404. The van der Waals surface area contributed by atoms with E-state index in [1.807, 2.05) is 18.2 Å². The summed E-state index contributed by atoms with van der Waals surface area (Å²) in [6.07, 6.45) is 6.25. The van der Waals surface area contributed by atoms with E-state index in [9.17, 15) is 9.18 Å². The highest BCUT2D eigenvalue weighted by Gasteiger charge is 2.25. The normalized spacial score (nSPS) is 20.2. The van der Waals surface area contributed by atoms with Crippen molar-refractivity contribution in [1.29, 1.82) is 0 Å². The quantitative estimate of drug-likeness (QED) is 0.656. The number of halogens is 1. The number of rotatable bonds is 2. The lowest BCUT2D eigenvalue weighted by Crippen LogP contribution is -2.50. The summed E-state index contributed by atoms with van der Waals surface area (Å²) in [4.78, 5) is 26.8. The van der Waals surface area contributed by atoms with Crippen LogP contribution in [0.4, 0.5) is 10.2 Å². The van der Waals surface area contributed by atoms with Crippen LogP contribution in [0.3, 0.4) is 0 Å². The smallest absolute Gasteiger partial charge is 0.173 e. The van der Waals surface area contributed by atoms with E-state index in [0.29, 0.717) is 30.2 Å². The van der Waals surface area contributed by atoms with Crippen molar-refractivity contribution in [3.63, 3.8) is 0 Å². The van der Waals surface area contributed by atoms with E-state index in [1.165, 1.54) is 6.07 Å². The first-order valence-electron chi connectivity index (χ1n) is 10.3. The SMILES string of the molecule is C[C@H]1CN(C)CCN1c1ccc2c(n1)CCC(=O)C(c1cn3cccc(F)c3n1)=C2. The molecule has 30 heavy (non-hydrogen) atoms. The maximum Gasteiger partial charge on any atom is 0.173 e. The summed E-state index contributed by atoms with van der Waals surface area (Å²) in [5.74, 6) is 0.568. The van der Waals surface area contributed by atoms with Crippen molar-refractivity contribution in [3.05, 3.63) is 59.4 Å². The molecule has 1 saturated heterocycles. The predicted molar refractivity (Wildman–Crippen MR) is 115 cm³/mol. The molecule has 0 saturated carbocycles. The monoisotopic (exact) mass is 405 g/mol. The summed E-state index contributed by atoms with van der Waals surface area (Å²) in [5.41, 5.74) is 3.09. The topological polar surface area (TPSA) is 53.7 Å². The molecule has 154 valence electrons. The standard InChI is InChI=1S/C23H24FN5O/c1-15-13-27(2)10-11-29(15)22-8-5-16-12-17(21(30)7-6-19(16)25-22)20-14-28-9-3-4-18(24)23(28)26-20/h3-5,8-9,12,14-15H,6-7,10-11,13H2,1-2H3/t15-/m0/s1. The molecule has 4 heterocycles. The molecule has 1 fully saturated rings. The first-order chi connectivity index (χ1) is 14.5. The Kier molecular flexibility index (Phi) is 4.62. The molecule has 0 bridgehead atoms. The molecule has 2 aliphatic rings. The number of pyridine rings is 2. The summed E-state index contributed by atoms with van der Waals surface area (Å²) >= 11 is 0. The van der Waals surface area contributed by atoms with Crippen LogP contribution < -0.4 is 4.90 Å². The van der Waals surface area contributed by atoms with Crippen LogP contribution in [-0.2, 0) is 11.2 Å². The molecule has 5 rings (SSSR count). The molecular formula is C23H24FN5O. The highest BCUT2D eigenvalue weighted by atomic mass is 19.1. The van der Waals surface area contributed by atoms with Gasteiger partial charge < -0.3 is 14.2 Å². The number of piperazine rings is 1. The van der Waals surface area contributed by atoms with E-state index in [1.54, 1.807) is 22.9 Å². The third-order valence-electron chi connectivity index (χ3n) is 6.02. The molecule has 1 aliphatic heterocycles. The van der Waals surface area contributed by atoms with Crippen LogP contribution in [0.2, 0.25) is 0 Å². The number of nitrogens with zero attached hydrogens (tertiary/aromatic N) is 5. The average molecular weight is 405 g/mol. The van der Waals surface area contributed by atoms with Crippen molar-refractivity contribution in [2.24, 2.45) is 0 Å². The largest absolute Gasteiger partial charge is 0.351 e. The number of Topliss-reactive ketones (excluding diaryl/α,β-unsaturated/α-hetero) is 1. The number of imidazole rings is 1. The number of aryl methyl sites for hydroxylation is 1. The van der Waals surface area contributed by atoms with Gasteiger partial charge in [0.2, 0.25) is 0 Å². The summed E-state index contributed by atoms with van der Waals surface area (Å²) < 4.78 is 15.7. The van der Waals surface area contributed by atoms with E-state index in [4.69, 9.17) is 4.98 Å². The van der Waals surface area contributed by atoms with E-state index in [2.05, 4.69) is 28.8 Å². The lowest BCUT2D eigenvalue weighted by Gasteiger charge is -2.39. The molecule has 1 aliphatic carbocycles. The van der Waals surface area contributed by atoms with Gasteiger partial charge in [0.15, 0.2) is 17.2 Å². The van der Waals surface area contributed by atoms with Crippen molar-refractivity contribution >= 4 is 28.9 Å². The second-order valence-electron chi connectivity index (χ2n) is 8.20. The van der Waals surface area contributed by atoms with Gasteiger partial charge in [0, 0.05) is 50.1 Å². The van der Waals surface area contributed by atoms with Crippen LogP contribution >= 0.6 is 0 Å². The fourth-order valence-electron chi connectivity index (χ4n) is 4.40. The van der Waals surface area contributed by atoms with Crippen molar-refractivity contribution in [2.45, 2.75) is 25.8 Å². The highest BCUT2D eigenvalue weighted by molar-refractivity contribution is 6.25. The molecular weight excluding hydrogens is 381 g/mol. The summed E-state index contributed by atoms with van der Waals surface area (Å²) in [5, 5.41) is 0. The lowest BCUT2D eigenvalue weighted by atomic mass is 10.1. The first-order valence-corrected chi connectivity index (χ1v) is 10.3. The molecule has 0 spiro atoms. The highest BCUT2D eigenvalue weighted by Crippen LogP contribution is 2.29. The van der Waals surface area contributed by atoms with Gasteiger partial charge in [-0.25, -0.2) is 14.4 Å². The molecule has 7 heteroatoms. The summed E-state index contributed by atoms with van der Waals surface area (Å²) in [7, 11) is 2.14. The lowest BCUT2D eigenvalue weighted by molar-refractivity contribution is -0.113. The minimum absolute atomic E-state index is 0.00586. The Morgan fingerprint density at radius 1 is 1.13 bits per heavy atom. The second-order valence-corrected chi connectivity index (χ2v) is 8.20. The Morgan fingerprint density at radius 2 is 2.00 bits per heavy atom. The molecule has 3 aromatic rings. The van der Waals surface area contributed by atoms with Crippen LogP contribution in [0.15, 0.2) is 36.7 Å². The molecule has 0 radical (unpaired) electrons. The van der Waals surface area contributed by atoms with Gasteiger partial charge >= 0.3 is 0 Å². The van der Waals surface area contributed by atoms with Crippen LogP contribution in [0.5, 0.6) is 0 Å². The van der Waals surface area contributed by atoms with Crippen molar-refractivity contribution < 1.29 is 9.18 Å². The maximum atomic E-state index is 14.1. The van der Waals surface area contributed by atoms with Gasteiger partial charge in [-0.3, -0.25) is 4.79 Å². The molecule has 1 atom stereocenters. The minimum Gasteiger partial charge on any atom is -0.351 e. The third-order valence-corrected chi connectivity index (χ3v) is 6.02. The molecule has 0 unspecified atom stereocenters. The van der Waals surface area contributed by atoms with Gasteiger partial charge in [-0.15, -0.1) is 0 Å². The number of hydrogen-bond donors (Lipinski definition) is 0. The molecule has 0 amide bonds. The van der Waals surface area contributed by atoms with E-state index in [0.717, 1.165) is 36.7 Å². The van der Waals surface area contributed by atoms with E-state index in [-0.39, 0.29) is 11.4 Å². The van der Waals surface area contributed by atoms with Crippen LogP contribution in [0, 0.1) is 5.82 Å². The number of fused-ring (bicyclic) bond motifs is 2. The van der Waals surface area contributed by atoms with Crippen LogP contribution in [0.25, 0.3) is 17.3 Å². The van der Waals surface area contributed by atoms with Crippen molar-refractivity contribution in [3.8, 4) is 0 Å². The third kappa shape index (κ3) is 3.29. The van der Waals surface area contributed by atoms with Crippen molar-refractivity contribution in [2.75, 3.05) is 31.6 Å². The number of carbonyl (C=O) groups is 1. The Bertz CT molecular complexity index is 1170. The van der Waals surface area contributed by atoms with E-state index < -0.39 is 5.82 Å². The Labute approximate surface area is 174 Å². The fourth-order valence-corrected chi connectivity index (χ4v) is 4.40. The maximum absolute atomic E-state index is 14.1. The number of carbonyl (C=O) groups excluding carboxylic acids is 1. The number of allylic oxidation sites excluding steroid dienone is 1. The number of anilines is 1. The van der Waals surface area contributed by atoms with Gasteiger partial charge in [-0.2, -0.15) is 0 Å². The van der Waals surface area contributed by atoms with Gasteiger partial charge in [0.1, 0.15) is 5.82 Å². The van der Waals surface area contributed by atoms with Gasteiger partial charge in [0.25, 0.3) is 0 Å². The zero-order valence-electron chi connectivity index (χ0n) is 17.2. The first kappa shape index (κ1) is 18.9. The van der Waals surface area contributed by atoms with Crippen molar-refractivity contribution in [1.82, 2.24) is 19.3 Å². The average Bonchev–Trinajstić information content (AvgIpc) is 3.09. The summed E-state index contributed by atoms with van der Waals surface area (Å²) in [6, 6.07) is 7.46. The number of likely N-dealkylation sites (N-methyl/N-ethyl adjacent to an activating group) is 1. The number of ketones is 1. The Morgan fingerprint density at radius 3 is 2.80 bits per heavy atom. The Balaban J connectivity index is 1.52. The zero-order valence-corrected chi connectivity index (χ0v) is 17.2. The molecule has 3 aromatic heterocycles. The second kappa shape index (κ2) is 7.32. The van der Waals surface area contributed by atoms with Gasteiger partial charge in [-0.05, 0) is 56.3 Å². The van der Waals surface area contributed by atoms with Crippen LogP contribution in [-0.4, -0.2) is 57.8 Å². The molecule has 0 N–H and O–H groups in total. The van der Waals surface area contributed by atoms with Gasteiger partial charge in [-0.1, -0.05) is 0 Å². The van der Waals surface area contributed by atoms with Gasteiger partial charge in [0.05, 0.1) is 11.4 Å². The fraction of sp³-hybridized carbons (Fsp3) is 0.348. The zero-order chi connectivity index (χ0) is 20.8. The number of hydrogen-bond acceptors (Lipinski definition) is 5. The van der Waals surface area contributed by atoms with Crippen LogP contribution in [0.1, 0.15) is 30.3 Å². The molecule has 0 aromatic carbocycles. The predicted octanol–water partition coefficient (Wildman–Crippen LogP) is 3.06. The molecule has 6 nitrogen and oxygen atoms in total.